The summed E-state index contributed by atoms with van der Waals surface area (Å²) >= 11 is 5.87. The molecule has 0 aliphatic rings. The molecule has 0 spiro atoms. The van der Waals surface area contributed by atoms with Crippen LogP contribution in [0.4, 0.5) is 5.69 Å². The minimum absolute atomic E-state index is 0.391. The first-order chi connectivity index (χ1) is 7.72. The summed E-state index contributed by atoms with van der Waals surface area (Å²) in [7, 11) is 2.68. The van der Waals surface area contributed by atoms with Crippen molar-refractivity contribution >= 4 is 38.2 Å². The zero-order valence-electron chi connectivity index (χ0n) is 8.27. The van der Waals surface area contributed by atoms with Crippen LogP contribution < -0.4 is 4.67 Å². The third kappa shape index (κ3) is 2.14. The van der Waals surface area contributed by atoms with Crippen molar-refractivity contribution in [2.24, 2.45) is 4.99 Å². The molecule has 0 fully saturated rings. The quantitative estimate of drug-likeness (QED) is 0.745. The van der Waals surface area contributed by atoms with E-state index in [0.29, 0.717) is 21.1 Å². The number of benzene rings is 1. The van der Waals surface area contributed by atoms with E-state index in [1.54, 1.807) is 6.07 Å². The third-order valence-corrected chi connectivity index (χ3v) is 4.15. The number of hydrogen-bond donors (Lipinski definition) is 0. The highest BCUT2D eigenvalue weighted by atomic mass is 35.5. The molecule has 0 bridgehead atoms. The Bertz CT molecular complexity index is 621. The lowest BCUT2D eigenvalue weighted by molar-refractivity contribution is 1.30. The summed E-state index contributed by atoms with van der Waals surface area (Å²) in [6.07, 6.45) is 0. The first-order valence-corrected chi connectivity index (χ1v) is 6.87. The van der Waals surface area contributed by atoms with Crippen molar-refractivity contribution in [2.45, 2.75) is 6.92 Å². The average Bonchev–Trinajstić information content (AvgIpc) is 2.67. The topological polar surface area (TPSA) is 49.0 Å². The first kappa shape index (κ1) is 11.3. The van der Waals surface area contributed by atoms with E-state index in [-0.39, 0.29) is 0 Å². The Morgan fingerprint density at radius 2 is 2.31 bits per heavy atom. The molecule has 0 aliphatic heterocycles. The fourth-order valence-corrected chi connectivity index (χ4v) is 3.20. The molecule has 0 saturated heterocycles. The van der Waals surface area contributed by atoms with Crippen LogP contribution in [0.2, 0.25) is 5.15 Å². The highest BCUT2D eigenvalue weighted by Gasteiger charge is 2.05. The number of hydrogen-bond acceptors (Lipinski definition) is 5. The van der Waals surface area contributed by atoms with Gasteiger partial charge < -0.3 is 0 Å². The predicted octanol–water partition coefficient (Wildman–Crippen LogP) is 3.27. The van der Waals surface area contributed by atoms with Crippen molar-refractivity contribution in [3.8, 4) is 6.07 Å². The van der Waals surface area contributed by atoms with Gasteiger partial charge in [-0.15, -0.1) is 0 Å². The maximum Gasteiger partial charge on any atom is 0.179 e. The van der Waals surface area contributed by atoms with Crippen LogP contribution >= 0.6 is 32.5 Å². The van der Waals surface area contributed by atoms with Crippen molar-refractivity contribution in [1.29, 1.82) is 5.26 Å². The van der Waals surface area contributed by atoms with Gasteiger partial charge in [-0.25, -0.2) is 4.99 Å². The minimum Gasteiger partial charge on any atom is -0.232 e. The summed E-state index contributed by atoms with van der Waals surface area (Å²) < 4.78 is 4.60. The van der Waals surface area contributed by atoms with E-state index in [1.807, 2.05) is 19.1 Å². The number of nitriles is 1. The molecule has 3 nitrogen and oxygen atoms in total. The third-order valence-electron chi connectivity index (χ3n) is 1.98. The van der Waals surface area contributed by atoms with Gasteiger partial charge in [0.15, 0.2) is 9.82 Å². The minimum atomic E-state index is 0.391. The summed E-state index contributed by atoms with van der Waals surface area (Å²) in [5.74, 6) is 0. The molecule has 6 heteroatoms. The van der Waals surface area contributed by atoms with E-state index < -0.39 is 0 Å². The van der Waals surface area contributed by atoms with E-state index in [9.17, 15) is 0 Å². The van der Waals surface area contributed by atoms with Gasteiger partial charge in [-0.1, -0.05) is 23.7 Å². The van der Waals surface area contributed by atoms with E-state index in [1.165, 1.54) is 20.9 Å². The van der Waals surface area contributed by atoms with Gasteiger partial charge in [0, 0.05) is 10.5 Å². The van der Waals surface area contributed by atoms with E-state index >= 15 is 0 Å². The van der Waals surface area contributed by atoms with Crippen molar-refractivity contribution in [3.63, 3.8) is 0 Å². The summed E-state index contributed by atoms with van der Waals surface area (Å²) in [6, 6.07) is 7.61. The largest absolute Gasteiger partial charge is 0.232 e. The summed E-state index contributed by atoms with van der Waals surface area (Å²) in [4.78, 5) is 4.38. The fourth-order valence-electron chi connectivity index (χ4n) is 1.22. The lowest BCUT2D eigenvalue weighted by atomic mass is 10.1. The maximum atomic E-state index is 8.99. The summed E-state index contributed by atoms with van der Waals surface area (Å²) in [6.45, 7) is 1.91. The molecule has 0 atom stereocenters. The summed E-state index contributed by atoms with van der Waals surface area (Å²) in [5.41, 5.74) is 2.17. The SMILES string of the molecule is Cc1cccc(C#N)c1N=c1ssnc1Cl. The normalized spacial score (nSPS) is 11.4. The van der Waals surface area contributed by atoms with Crippen LogP contribution in [0, 0.1) is 18.3 Å². The zero-order valence-corrected chi connectivity index (χ0v) is 10.7. The van der Waals surface area contributed by atoms with E-state index in [0.717, 1.165) is 5.56 Å². The van der Waals surface area contributed by atoms with Crippen LogP contribution in [-0.4, -0.2) is 4.37 Å². The predicted molar refractivity (Wildman–Crippen MR) is 66.1 cm³/mol. The number of para-hydroxylation sites is 1. The molecule has 0 unspecified atom stereocenters. The Kier molecular flexibility index (Phi) is 3.34. The maximum absolute atomic E-state index is 8.99. The molecule has 16 heavy (non-hydrogen) atoms. The van der Waals surface area contributed by atoms with Gasteiger partial charge in [-0.05, 0) is 28.9 Å². The molecule has 1 aromatic heterocycles. The molecule has 2 rings (SSSR count). The molecule has 0 radical (unpaired) electrons. The number of aromatic nitrogens is 1. The second-order valence-electron chi connectivity index (χ2n) is 3.04. The van der Waals surface area contributed by atoms with Gasteiger partial charge in [0.25, 0.3) is 0 Å². The lowest BCUT2D eigenvalue weighted by Gasteiger charge is -2.00. The van der Waals surface area contributed by atoms with Crippen LogP contribution in [0.1, 0.15) is 11.1 Å². The molecular weight excluding hydrogens is 262 g/mol. The number of halogens is 1. The molecule has 1 aromatic carbocycles. The fraction of sp³-hybridized carbons (Fsp3) is 0.100. The highest BCUT2D eigenvalue weighted by molar-refractivity contribution is 7.66. The average molecular weight is 268 g/mol. The molecule has 0 amide bonds. The Morgan fingerprint density at radius 1 is 1.50 bits per heavy atom. The molecule has 2 aromatic rings. The van der Waals surface area contributed by atoms with Gasteiger partial charge in [0.1, 0.15) is 6.07 Å². The molecule has 80 valence electrons. The molecule has 1 heterocycles. The Labute approximate surface area is 105 Å². The zero-order chi connectivity index (χ0) is 11.5. The second-order valence-corrected chi connectivity index (χ2v) is 5.23. The molecular formula is C10H6ClN3S2. The Morgan fingerprint density at radius 3 is 2.94 bits per heavy atom. The van der Waals surface area contributed by atoms with Gasteiger partial charge in [0.2, 0.25) is 0 Å². The van der Waals surface area contributed by atoms with E-state index in [2.05, 4.69) is 15.4 Å². The van der Waals surface area contributed by atoms with Crippen LogP contribution in [0.3, 0.4) is 0 Å². The standard InChI is InChI=1S/C10H6ClN3S2/c1-6-3-2-4-7(5-12)8(6)13-10-9(11)14-16-15-10/h2-4H,1H3. The van der Waals surface area contributed by atoms with Crippen molar-refractivity contribution in [2.75, 3.05) is 0 Å². The molecule has 0 N–H and O–H groups in total. The van der Waals surface area contributed by atoms with Gasteiger partial charge in [-0.3, -0.25) is 0 Å². The smallest absolute Gasteiger partial charge is 0.179 e. The molecule has 0 aliphatic carbocycles. The molecule has 0 saturated carbocycles. The van der Waals surface area contributed by atoms with Crippen molar-refractivity contribution in [3.05, 3.63) is 39.2 Å². The van der Waals surface area contributed by atoms with Crippen LogP contribution in [0.25, 0.3) is 0 Å². The van der Waals surface area contributed by atoms with Crippen LogP contribution in [0.15, 0.2) is 23.2 Å². The first-order valence-electron chi connectivity index (χ1n) is 4.38. The van der Waals surface area contributed by atoms with Crippen LogP contribution in [0.5, 0.6) is 0 Å². The van der Waals surface area contributed by atoms with Crippen molar-refractivity contribution in [1.82, 2.24) is 4.37 Å². The lowest BCUT2D eigenvalue weighted by Crippen LogP contribution is -1.94. The number of rotatable bonds is 1. The van der Waals surface area contributed by atoms with Gasteiger partial charge >= 0.3 is 0 Å². The highest BCUT2D eigenvalue weighted by Crippen LogP contribution is 2.23. The number of nitrogens with zero attached hydrogens (tertiary/aromatic N) is 3. The van der Waals surface area contributed by atoms with Gasteiger partial charge in [0.05, 0.1) is 11.3 Å². The van der Waals surface area contributed by atoms with E-state index in [4.69, 9.17) is 16.9 Å². The summed E-state index contributed by atoms with van der Waals surface area (Å²) in [5, 5.41) is 9.38. The van der Waals surface area contributed by atoms with Crippen molar-refractivity contribution < 1.29 is 0 Å². The van der Waals surface area contributed by atoms with Crippen LogP contribution in [-0.2, 0) is 0 Å². The second kappa shape index (κ2) is 4.74. The Balaban J connectivity index is 2.68. The number of aryl methyl sites for hydroxylation is 1. The Hall–Kier alpha value is -1.22. The monoisotopic (exact) mass is 267 g/mol. The van der Waals surface area contributed by atoms with Gasteiger partial charge in [-0.2, -0.15) is 9.64 Å².